The molecule has 6 nitrogen and oxygen atoms in total. The van der Waals surface area contributed by atoms with Crippen molar-refractivity contribution in [3.63, 3.8) is 0 Å². The summed E-state index contributed by atoms with van der Waals surface area (Å²) in [5.74, 6) is 1.85. The lowest BCUT2D eigenvalue weighted by Gasteiger charge is -2.21. The second kappa shape index (κ2) is 11.7. The second-order valence-corrected chi connectivity index (χ2v) is 8.32. The highest BCUT2D eigenvalue weighted by atomic mass is 32.2. The SMILES string of the molecule is CCS(=O)(=O)NCCCNC(=NC)NCCCC1CCCCC1. The van der Waals surface area contributed by atoms with E-state index in [4.69, 9.17) is 0 Å². The lowest BCUT2D eigenvalue weighted by Crippen LogP contribution is -2.39. The average molecular weight is 347 g/mol. The number of aliphatic imine (C=N–C) groups is 1. The van der Waals surface area contributed by atoms with Gasteiger partial charge < -0.3 is 10.6 Å². The van der Waals surface area contributed by atoms with E-state index >= 15 is 0 Å². The van der Waals surface area contributed by atoms with E-state index in [-0.39, 0.29) is 5.75 Å². The van der Waals surface area contributed by atoms with Gasteiger partial charge in [0, 0.05) is 26.7 Å². The summed E-state index contributed by atoms with van der Waals surface area (Å²) in [6.45, 7) is 3.74. The van der Waals surface area contributed by atoms with Crippen LogP contribution in [0.1, 0.15) is 58.3 Å². The van der Waals surface area contributed by atoms with Gasteiger partial charge in [0.05, 0.1) is 5.75 Å². The molecule has 0 heterocycles. The minimum atomic E-state index is -3.08. The molecule has 0 aromatic heterocycles. The van der Waals surface area contributed by atoms with E-state index in [2.05, 4.69) is 20.3 Å². The van der Waals surface area contributed by atoms with E-state index in [1.807, 2.05) is 0 Å². The van der Waals surface area contributed by atoms with E-state index in [0.717, 1.165) is 24.8 Å². The Hall–Kier alpha value is -0.820. The van der Waals surface area contributed by atoms with E-state index in [1.165, 1.54) is 44.9 Å². The van der Waals surface area contributed by atoms with Gasteiger partial charge in [-0.1, -0.05) is 32.1 Å². The Bertz CT molecular complexity index is 431. The summed E-state index contributed by atoms with van der Waals surface area (Å²) < 4.78 is 25.1. The molecule has 0 aromatic rings. The molecule has 1 rings (SSSR count). The molecule has 0 radical (unpaired) electrons. The summed E-state index contributed by atoms with van der Waals surface area (Å²) >= 11 is 0. The molecular weight excluding hydrogens is 312 g/mol. The quantitative estimate of drug-likeness (QED) is 0.320. The Morgan fingerprint density at radius 2 is 1.70 bits per heavy atom. The van der Waals surface area contributed by atoms with Crippen LogP contribution in [0, 0.1) is 5.92 Å². The fourth-order valence-corrected chi connectivity index (χ4v) is 3.58. The first-order valence-electron chi connectivity index (χ1n) is 8.99. The van der Waals surface area contributed by atoms with Crippen LogP contribution < -0.4 is 15.4 Å². The number of hydrogen-bond donors (Lipinski definition) is 3. The monoisotopic (exact) mass is 346 g/mol. The van der Waals surface area contributed by atoms with Crippen molar-refractivity contribution >= 4 is 16.0 Å². The summed E-state index contributed by atoms with van der Waals surface area (Å²) in [4.78, 5) is 4.19. The zero-order valence-corrected chi connectivity index (χ0v) is 15.6. The summed E-state index contributed by atoms with van der Waals surface area (Å²) in [5, 5.41) is 6.54. The first kappa shape index (κ1) is 20.2. The van der Waals surface area contributed by atoms with Gasteiger partial charge >= 0.3 is 0 Å². The number of nitrogens with zero attached hydrogens (tertiary/aromatic N) is 1. The van der Waals surface area contributed by atoms with Gasteiger partial charge in [0.2, 0.25) is 10.0 Å². The molecular formula is C16H34N4O2S. The minimum Gasteiger partial charge on any atom is -0.356 e. The maximum absolute atomic E-state index is 11.3. The molecule has 0 bridgehead atoms. The Kier molecular flexibility index (Phi) is 10.3. The first-order chi connectivity index (χ1) is 11.1. The zero-order valence-electron chi connectivity index (χ0n) is 14.7. The molecule has 23 heavy (non-hydrogen) atoms. The van der Waals surface area contributed by atoms with Crippen LogP contribution in [-0.2, 0) is 10.0 Å². The first-order valence-corrected chi connectivity index (χ1v) is 10.6. The van der Waals surface area contributed by atoms with Crippen LogP contribution in [0.15, 0.2) is 4.99 Å². The smallest absolute Gasteiger partial charge is 0.211 e. The molecule has 3 N–H and O–H groups in total. The highest BCUT2D eigenvalue weighted by Gasteiger charge is 2.12. The molecule has 7 heteroatoms. The summed E-state index contributed by atoms with van der Waals surface area (Å²) in [5.41, 5.74) is 0. The molecule has 1 fully saturated rings. The molecule has 0 aromatic carbocycles. The largest absolute Gasteiger partial charge is 0.356 e. The molecule has 0 atom stereocenters. The highest BCUT2D eigenvalue weighted by Crippen LogP contribution is 2.26. The van der Waals surface area contributed by atoms with Crippen LogP contribution in [0.5, 0.6) is 0 Å². The van der Waals surface area contributed by atoms with Crippen molar-refractivity contribution in [2.75, 3.05) is 32.4 Å². The average Bonchev–Trinajstić information content (AvgIpc) is 2.57. The minimum absolute atomic E-state index is 0.130. The number of sulfonamides is 1. The Morgan fingerprint density at radius 1 is 1.04 bits per heavy atom. The highest BCUT2D eigenvalue weighted by molar-refractivity contribution is 7.89. The maximum Gasteiger partial charge on any atom is 0.211 e. The van der Waals surface area contributed by atoms with Gasteiger partial charge in [-0.15, -0.1) is 0 Å². The molecule has 0 saturated heterocycles. The molecule has 1 aliphatic carbocycles. The van der Waals surface area contributed by atoms with Crippen molar-refractivity contribution in [3.05, 3.63) is 0 Å². The lowest BCUT2D eigenvalue weighted by molar-refractivity contribution is 0.332. The molecule has 0 amide bonds. The van der Waals surface area contributed by atoms with Crippen molar-refractivity contribution < 1.29 is 8.42 Å². The normalized spacial score (nSPS) is 17.2. The van der Waals surface area contributed by atoms with Crippen LogP contribution in [0.25, 0.3) is 0 Å². The van der Waals surface area contributed by atoms with Crippen molar-refractivity contribution in [2.24, 2.45) is 10.9 Å². The van der Waals surface area contributed by atoms with Crippen molar-refractivity contribution in [3.8, 4) is 0 Å². The Balaban J connectivity index is 2.03. The summed E-state index contributed by atoms with van der Waals surface area (Å²) in [6, 6.07) is 0. The molecule has 0 spiro atoms. The zero-order chi connectivity index (χ0) is 17.0. The fourth-order valence-electron chi connectivity index (χ4n) is 2.92. The van der Waals surface area contributed by atoms with Gasteiger partial charge in [0.1, 0.15) is 0 Å². The Labute approximate surface area is 142 Å². The summed E-state index contributed by atoms with van der Waals surface area (Å²) in [6.07, 6.45) is 10.3. The lowest BCUT2D eigenvalue weighted by atomic mass is 9.86. The predicted molar refractivity (Wildman–Crippen MR) is 97.3 cm³/mol. The van der Waals surface area contributed by atoms with Crippen LogP contribution in [0.3, 0.4) is 0 Å². The van der Waals surface area contributed by atoms with Gasteiger partial charge in [-0.25, -0.2) is 13.1 Å². The molecule has 1 aliphatic rings. The van der Waals surface area contributed by atoms with Gasteiger partial charge in [0.15, 0.2) is 5.96 Å². The standard InChI is InChI=1S/C16H34N4O2S/c1-3-23(21,22)20-14-8-13-19-16(17-2)18-12-7-11-15-9-5-4-6-10-15/h15,20H,3-14H2,1-2H3,(H2,17,18,19). The topological polar surface area (TPSA) is 82.6 Å². The fraction of sp³-hybridized carbons (Fsp3) is 0.938. The molecule has 0 unspecified atom stereocenters. The number of guanidine groups is 1. The van der Waals surface area contributed by atoms with Crippen molar-refractivity contribution in [1.82, 2.24) is 15.4 Å². The van der Waals surface area contributed by atoms with E-state index in [0.29, 0.717) is 13.1 Å². The van der Waals surface area contributed by atoms with Crippen LogP contribution in [-0.4, -0.2) is 46.8 Å². The van der Waals surface area contributed by atoms with Gasteiger partial charge in [-0.3, -0.25) is 4.99 Å². The van der Waals surface area contributed by atoms with Crippen molar-refractivity contribution in [1.29, 1.82) is 0 Å². The van der Waals surface area contributed by atoms with Crippen LogP contribution in [0.2, 0.25) is 0 Å². The van der Waals surface area contributed by atoms with E-state index in [9.17, 15) is 8.42 Å². The Morgan fingerprint density at radius 3 is 2.30 bits per heavy atom. The van der Waals surface area contributed by atoms with Gasteiger partial charge in [-0.05, 0) is 32.1 Å². The number of nitrogens with one attached hydrogen (secondary N) is 3. The third-order valence-electron chi connectivity index (χ3n) is 4.38. The predicted octanol–water partition coefficient (Wildman–Crippen LogP) is 1.84. The van der Waals surface area contributed by atoms with E-state index < -0.39 is 10.0 Å². The third kappa shape index (κ3) is 9.81. The number of hydrogen-bond acceptors (Lipinski definition) is 3. The summed E-state index contributed by atoms with van der Waals surface area (Å²) in [7, 11) is -1.32. The van der Waals surface area contributed by atoms with Crippen LogP contribution >= 0.6 is 0 Å². The molecule has 1 saturated carbocycles. The van der Waals surface area contributed by atoms with Gasteiger partial charge in [-0.2, -0.15) is 0 Å². The maximum atomic E-state index is 11.3. The number of rotatable bonds is 10. The van der Waals surface area contributed by atoms with E-state index in [1.54, 1.807) is 14.0 Å². The second-order valence-electron chi connectivity index (χ2n) is 6.22. The van der Waals surface area contributed by atoms with Crippen LogP contribution in [0.4, 0.5) is 0 Å². The molecule has 136 valence electrons. The third-order valence-corrected chi connectivity index (χ3v) is 5.78. The van der Waals surface area contributed by atoms with Gasteiger partial charge in [0.25, 0.3) is 0 Å². The van der Waals surface area contributed by atoms with Crippen molar-refractivity contribution in [2.45, 2.75) is 58.3 Å². The molecule has 0 aliphatic heterocycles.